The molecule has 1 aromatic heterocycles. The third kappa shape index (κ3) is 4.24. The average molecular weight is 415 g/mol. The third-order valence-electron chi connectivity index (χ3n) is 5.56. The molecule has 0 saturated heterocycles. The molecule has 2 heterocycles. The lowest BCUT2D eigenvalue weighted by Crippen LogP contribution is -2.32. The Morgan fingerprint density at radius 3 is 2.48 bits per heavy atom. The fourth-order valence-corrected chi connectivity index (χ4v) is 4.03. The van der Waals surface area contributed by atoms with Crippen LogP contribution in [-0.2, 0) is 12.8 Å². The second kappa shape index (κ2) is 8.92. The molecule has 7 nitrogen and oxygen atoms in total. The number of aromatic hydroxyl groups is 1. The first-order valence-corrected chi connectivity index (χ1v) is 10.5. The summed E-state index contributed by atoms with van der Waals surface area (Å²) in [4.78, 5) is 24.2. The highest BCUT2D eigenvalue weighted by Crippen LogP contribution is 2.28. The van der Waals surface area contributed by atoms with E-state index in [9.17, 15) is 15.2 Å². The molecule has 0 bridgehead atoms. The van der Waals surface area contributed by atoms with Crippen molar-refractivity contribution in [3.05, 3.63) is 75.6 Å². The summed E-state index contributed by atoms with van der Waals surface area (Å²) < 4.78 is 0. The van der Waals surface area contributed by atoms with Crippen LogP contribution < -0.4 is 15.4 Å². The minimum Gasteiger partial charge on any atom is -0.508 e. The van der Waals surface area contributed by atoms with E-state index in [1.807, 2.05) is 41.0 Å². The summed E-state index contributed by atoms with van der Waals surface area (Å²) in [6, 6.07) is 17.2. The van der Waals surface area contributed by atoms with Gasteiger partial charge in [-0.05, 0) is 42.5 Å². The van der Waals surface area contributed by atoms with Gasteiger partial charge >= 0.3 is 0 Å². The maximum Gasteiger partial charge on any atom is 0.272 e. The summed E-state index contributed by atoms with van der Waals surface area (Å²) >= 11 is 0. The van der Waals surface area contributed by atoms with Gasteiger partial charge in [0.1, 0.15) is 11.8 Å². The van der Waals surface area contributed by atoms with Crippen LogP contribution in [0.3, 0.4) is 0 Å². The van der Waals surface area contributed by atoms with E-state index >= 15 is 0 Å². The average Bonchev–Trinajstić information content (AvgIpc) is 2.99. The number of aromatic nitrogens is 2. The van der Waals surface area contributed by atoms with Crippen molar-refractivity contribution in [3.8, 4) is 11.8 Å². The van der Waals surface area contributed by atoms with Crippen LogP contribution in [0.2, 0.25) is 0 Å². The van der Waals surface area contributed by atoms with Crippen molar-refractivity contribution in [2.45, 2.75) is 26.2 Å². The van der Waals surface area contributed by atoms with E-state index in [1.54, 1.807) is 18.2 Å². The Morgan fingerprint density at radius 2 is 1.87 bits per heavy atom. The summed E-state index contributed by atoms with van der Waals surface area (Å²) in [7, 11) is 0. The maximum absolute atomic E-state index is 12.8. The number of anilines is 3. The van der Waals surface area contributed by atoms with Crippen molar-refractivity contribution >= 4 is 17.5 Å². The van der Waals surface area contributed by atoms with Gasteiger partial charge in [-0.2, -0.15) is 10.2 Å². The van der Waals surface area contributed by atoms with E-state index in [4.69, 9.17) is 4.98 Å². The lowest BCUT2D eigenvalue weighted by atomic mass is 10.0. The number of nitrogens with zero attached hydrogens (tertiary/aromatic N) is 4. The van der Waals surface area contributed by atoms with Gasteiger partial charge in [0.25, 0.3) is 5.56 Å². The molecule has 0 spiro atoms. The predicted molar refractivity (Wildman–Crippen MR) is 121 cm³/mol. The van der Waals surface area contributed by atoms with E-state index < -0.39 is 5.56 Å². The van der Waals surface area contributed by atoms with Crippen molar-refractivity contribution in [1.29, 1.82) is 5.26 Å². The Hall–Kier alpha value is -3.79. The van der Waals surface area contributed by atoms with Gasteiger partial charge in [0, 0.05) is 31.4 Å². The number of nitrogens with one attached hydrogen (secondary N) is 1. The van der Waals surface area contributed by atoms with Gasteiger partial charge in [0.2, 0.25) is 5.95 Å². The molecule has 2 N–H and O–H groups in total. The highest BCUT2D eigenvalue weighted by molar-refractivity contribution is 5.63. The largest absolute Gasteiger partial charge is 0.508 e. The molecular formula is C24H25N5O2. The lowest BCUT2D eigenvalue weighted by Gasteiger charge is -2.26. The Morgan fingerprint density at radius 1 is 1.16 bits per heavy atom. The molecule has 4 rings (SSSR count). The molecule has 158 valence electrons. The summed E-state index contributed by atoms with van der Waals surface area (Å²) in [6.45, 7) is 4.00. The molecule has 0 radical (unpaired) electrons. The Balaban J connectivity index is 1.75. The van der Waals surface area contributed by atoms with Crippen molar-refractivity contribution < 1.29 is 5.11 Å². The second-order valence-corrected chi connectivity index (χ2v) is 7.63. The van der Waals surface area contributed by atoms with Crippen LogP contribution in [0.1, 0.15) is 30.0 Å². The number of hydrogen-bond donors (Lipinski definition) is 2. The first-order valence-electron chi connectivity index (χ1n) is 10.5. The zero-order chi connectivity index (χ0) is 21.8. The topological polar surface area (TPSA) is 96.2 Å². The summed E-state index contributed by atoms with van der Waals surface area (Å²) in [5.74, 6) is 0.920. The second-order valence-electron chi connectivity index (χ2n) is 7.63. The highest BCUT2D eigenvalue weighted by Gasteiger charge is 2.23. The number of rotatable bonds is 5. The number of phenolic OH excluding ortho intramolecular Hbond substituents is 1. The Bertz CT molecular complexity index is 1150. The first kappa shape index (κ1) is 20.5. The molecule has 7 heteroatoms. The van der Waals surface area contributed by atoms with Gasteiger partial charge in [-0.3, -0.25) is 9.78 Å². The monoisotopic (exact) mass is 415 g/mol. The van der Waals surface area contributed by atoms with Crippen LogP contribution >= 0.6 is 0 Å². The number of fused-ring (bicyclic) bond motifs is 1. The van der Waals surface area contributed by atoms with Gasteiger partial charge in [-0.15, -0.1) is 0 Å². The van der Waals surface area contributed by atoms with Crippen LogP contribution in [0, 0.1) is 11.3 Å². The highest BCUT2D eigenvalue weighted by atomic mass is 16.3. The quantitative estimate of drug-likeness (QED) is 0.662. The van der Waals surface area contributed by atoms with Gasteiger partial charge < -0.3 is 14.9 Å². The normalized spacial score (nSPS) is 13.2. The van der Waals surface area contributed by atoms with Crippen LogP contribution in [0.15, 0.2) is 53.3 Å². The van der Waals surface area contributed by atoms with Crippen molar-refractivity contribution in [2.75, 3.05) is 29.4 Å². The number of nitriles is 1. The summed E-state index contributed by atoms with van der Waals surface area (Å²) in [5, 5.41) is 19.6. The minimum absolute atomic E-state index is 0.0297. The fraction of sp³-hybridized carbons (Fsp3) is 0.292. The van der Waals surface area contributed by atoms with E-state index in [0.29, 0.717) is 31.4 Å². The van der Waals surface area contributed by atoms with Crippen molar-refractivity contribution in [1.82, 2.24) is 9.97 Å². The molecule has 31 heavy (non-hydrogen) atoms. The Labute approximate surface area is 181 Å². The fourth-order valence-electron chi connectivity index (χ4n) is 4.03. The standard InChI is InChI=1S/C24H25N5O2/c1-2-12-29(19-8-5-9-20(30)15-19)24-26-22(21(16-25)23(31)27-24)28-13-10-17-6-3-4-7-18(17)11-14-28/h3-9,15,30H,2,10-14H2,1H3,(H,26,27,31). The molecule has 0 unspecified atom stereocenters. The van der Waals surface area contributed by atoms with Gasteiger partial charge in [0.05, 0.1) is 0 Å². The van der Waals surface area contributed by atoms with Gasteiger partial charge in [0.15, 0.2) is 11.4 Å². The van der Waals surface area contributed by atoms with Crippen LogP contribution in [0.25, 0.3) is 0 Å². The molecule has 2 aromatic carbocycles. The van der Waals surface area contributed by atoms with Crippen LogP contribution in [-0.4, -0.2) is 34.7 Å². The van der Waals surface area contributed by atoms with Gasteiger partial charge in [-0.1, -0.05) is 37.3 Å². The zero-order valence-corrected chi connectivity index (χ0v) is 17.5. The number of hydrogen-bond acceptors (Lipinski definition) is 6. The molecule has 1 aliphatic rings. The van der Waals surface area contributed by atoms with Crippen LogP contribution in [0.4, 0.5) is 17.5 Å². The smallest absolute Gasteiger partial charge is 0.272 e. The number of H-pyrrole nitrogens is 1. The number of benzene rings is 2. The summed E-state index contributed by atoms with van der Waals surface area (Å²) in [5.41, 5.74) is 2.89. The third-order valence-corrected chi connectivity index (χ3v) is 5.56. The van der Waals surface area contributed by atoms with E-state index in [0.717, 1.165) is 24.9 Å². The molecule has 0 saturated carbocycles. The molecule has 0 atom stereocenters. The minimum atomic E-state index is -0.453. The molecular weight excluding hydrogens is 390 g/mol. The number of aromatic amines is 1. The molecule has 3 aromatic rings. The zero-order valence-electron chi connectivity index (χ0n) is 17.5. The number of phenols is 1. The van der Waals surface area contributed by atoms with E-state index in [1.165, 1.54) is 11.1 Å². The van der Waals surface area contributed by atoms with Gasteiger partial charge in [-0.25, -0.2) is 0 Å². The van der Waals surface area contributed by atoms with Crippen molar-refractivity contribution in [3.63, 3.8) is 0 Å². The van der Waals surface area contributed by atoms with Crippen molar-refractivity contribution in [2.24, 2.45) is 0 Å². The molecule has 0 fully saturated rings. The van der Waals surface area contributed by atoms with E-state index in [-0.39, 0.29) is 11.3 Å². The first-order chi connectivity index (χ1) is 15.1. The lowest BCUT2D eigenvalue weighted by molar-refractivity contribution is 0.475. The Kier molecular flexibility index (Phi) is 5.89. The predicted octanol–water partition coefficient (Wildman–Crippen LogP) is 3.50. The molecule has 0 amide bonds. The van der Waals surface area contributed by atoms with E-state index in [2.05, 4.69) is 17.1 Å². The molecule has 1 aliphatic heterocycles. The SMILES string of the molecule is CCCN(c1cccc(O)c1)c1nc(N2CCc3ccccc3CC2)c(C#N)c(=O)[nH]1. The molecule has 0 aliphatic carbocycles. The van der Waals surface area contributed by atoms with Crippen LogP contribution in [0.5, 0.6) is 5.75 Å². The summed E-state index contributed by atoms with van der Waals surface area (Å²) in [6.07, 6.45) is 2.47. The maximum atomic E-state index is 12.8.